The second kappa shape index (κ2) is 6.49. The molecule has 0 atom stereocenters. The third-order valence-corrected chi connectivity index (χ3v) is 3.34. The van der Waals surface area contributed by atoms with Crippen molar-refractivity contribution >= 4 is 17.4 Å². The fraction of sp³-hybridized carbons (Fsp3) is 0.538. The molecule has 1 aliphatic rings. The standard InChI is InChI=1S/C13H18N4O4/c1-10-7-11(17(19)20)8-14-13(10)15(2)9-12(18)16-3-5-21-6-4-16/h7-8H,3-6,9H2,1-2H3. The van der Waals surface area contributed by atoms with Gasteiger partial charge in [0.1, 0.15) is 12.0 Å². The lowest BCUT2D eigenvalue weighted by molar-refractivity contribution is -0.385. The number of hydrogen-bond acceptors (Lipinski definition) is 6. The zero-order valence-corrected chi connectivity index (χ0v) is 12.1. The molecule has 1 fully saturated rings. The molecular weight excluding hydrogens is 276 g/mol. The van der Waals surface area contributed by atoms with E-state index in [4.69, 9.17) is 4.74 Å². The summed E-state index contributed by atoms with van der Waals surface area (Å²) in [5.41, 5.74) is 0.616. The van der Waals surface area contributed by atoms with Crippen molar-refractivity contribution in [1.82, 2.24) is 9.88 Å². The van der Waals surface area contributed by atoms with Crippen LogP contribution in [0.15, 0.2) is 12.3 Å². The number of rotatable bonds is 4. The fourth-order valence-electron chi connectivity index (χ4n) is 2.24. The van der Waals surface area contributed by atoms with E-state index in [1.165, 1.54) is 12.3 Å². The normalized spacial score (nSPS) is 14.9. The first-order chi connectivity index (χ1) is 9.99. The summed E-state index contributed by atoms with van der Waals surface area (Å²) in [5, 5.41) is 10.7. The van der Waals surface area contributed by atoms with Gasteiger partial charge in [0.15, 0.2) is 0 Å². The van der Waals surface area contributed by atoms with Gasteiger partial charge in [-0.1, -0.05) is 0 Å². The second-order valence-corrected chi connectivity index (χ2v) is 4.94. The van der Waals surface area contributed by atoms with Crippen LogP contribution in [0.4, 0.5) is 11.5 Å². The van der Waals surface area contributed by atoms with E-state index in [1.54, 1.807) is 23.8 Å². The largest absolute Gasteiger partial charge is 0.378 e. The van der Waals surface area contributed by atoms with Gasteiger partial charge in [0.2, 0.25) is 5.91 Å². The molecule has 0 aromatic carbocycles. The van der Waals surface area contributed by atoms with Crippen LogP contribution in [0.1, 0.15) is 5.56 Å². The minimum absolute atomic E-state index is 0.000327. The van der Waals surface area contributed by atoms with Crippen LogP contribution in [0.2, 0.25) is 0 Å². The topological polar surface area (TPSA) is 88.8 Å². The van der Waals surface area contributed by atoms with Crippen molar-refractivity contribution < 1.29 is 14.5 Å². The van der Waals surface area contributed by atoms with E-state index < -0.39 is 4.92 Å². The average Bonchev–Trinajstić information content (AvgIpc) is 2.47. The van der Waals surface area contributed by atoms with E-state index in [0.717, 1.165) is 0 Å². The van der Waals surface area contributed by atoms with E-state index in [1.807, 2.05) is 0 Å². The van der Waals surface area contributed by atoms with Crippen LogP contribution in [0.5, 0.6) is 0 Å². The molecule has 114 valence electrons. The third kappa shape index (κ3) is 3.66. The van der Waals surface area contributed by atoms with Gasteiger partial charge in [-0.3, -0.25) is 14.9 Å². The number of aromatic nitrogens is 1. The van der Waals surface area contributed by atoms with E-state index in [0.29, 0.717) is 37.7 Å². The Morgan fingerprint density at radius 3 is 2.76 bits per heavy atom. The number of nitrogens with zero attached hydrogens (tertiary/aromatic N) is 4. The summed E-state index contributed by atoms with van der Waals surface area (Å²) >= 11 is 0. The van der Waals surface area contributed by atoms with E-state index in [9.17, 15) is 14.9 Å². The van der Waals surface area contributed by atoms with Crippen molar-refractivity contribution in [3.63, 3.8) is 0 Å². The number of pyridine rings is 1. The highest BCUT2D eigenvalue weighted by Gasteiger charge is 2.20. The average molecular weight is 294 g/mol. The molecular formula is C13H18N4O4. The van der Waals surface area contributed by atoms with Crippen molar-refractivity contribution in [2.45, 2.75) is 6.92 Å². The Kier molecular flexibility index (Phi) is 4.69. The number of ether oxygens (including phenoxy) is 1. The van der Waals surface area contributed by atoms with Gasteiger partial charge in [-0.05, 0) is 12.5 Å². The molecule has 1 aromatic heterocycles. The first-order valence-electron chi connectivity index (χ1n) is 6.66. The van der Waals surface area contributed by atoms with Crippen LogP contribution < -0.4 is 4.90 Å². The molecule has 0 saturated carbocycles. The number of carbonyl (C=O) groups is 1. The lowest BCUT2D eigenvalue weighted by Crippen LogP contribution is -2.45. The highest BCUT2D eigenvalue weighted by Crippen LogP contribution is 2.20. The lowest BCUT2D eigenvalue weighted by atomic mass is 10.2. The van der Waals surface area contributed by atoms with Crippen molar-refractivity contribution in [1.29, 1.82) is 0 Å². The van der Waals surface area contributed by atoms with Gasteiger partial charge in [0.25, 0.3) is 5.69 Å². The molecule has 1 aromatic rings. The molecule has 1 saturated heterocycles. The molecule has 1 aliphatic heterocycles. The Morgan fingerprint density at radius 2 is 2.19 bits per heavy atom. The van der Waals surface area contributed by atoms with Crippen LogP contribution in [0.3, 0.4) is 0 Å². The minimum atomic E-state index is -0.483. The van der Waals surface area contributed by atoms with Crippen molar-refractivity contribution in [3.8, 4) is 0 Å². The van der Waals surface area contributed by atoms with E-state index in [2.05, 4.69) is 4.98 Å². The third-order valence-electron chi connectivity index (χ3n) is 3.34. The molecule has 2 heterocycles. The van der Waals surface area contributed by atoms with Crippen molar-refractivity contribution in [2.24, 2.45) is 0 Å². The molecule has 0 spiro atoms. The number of nitro groups is 1. The summed E-state index contributed by atoms with van der Waals surface area (Å²) in [6.45, 7) is 4.24. The van der Waals surface area contributed by atoms with Crippen LogP contribution >= 0.6 is 0 Å². The summed E-state index contributed by atoms with van der Waals surface area (Å²) in [4.78, 5) is 29.9. The fourth-order valence-corrected chi connectivity index (χ4v) is 2.24. The molecule has 1 amide bonds. The molecule has 0 radical (unpaired) electrons. The lowest BCUT2D eigenvalue weighted by Gasteiger charge is -2.29. The first-order valence-corrected chi connectivity index (χ1v) is 6.66. The van der Waals surface area contributed by atoms with Gasteiger partial charge < -0.3 is 14.5 Å². The maximum absolute atomic E-state index is 12.2. The number of aryl methyl sites for hydroxylation is 1. The number of anilines is 1. The van der Waals surface area contributed by atoms with Crippen LogP contribution in [-0.4, -0.2) is 60.6 Å². The maximum Gasteiger partial charge on any atom is 0.287 e. The first kappa shape index (κ1) is 15.2. The van der Waals surface area contributed by atoms with Crippen molar-refractivity contribution in [3.05, 3.63) is 27.9 Å². The number of carbonyl (C=O) groups excluding carboxylic acids is 1. The SMILES string of the molecule is Cc1cc([N+](=O)[O-])cnc1N(C)CC(=O)N1CCOCC1. The van der Waals surface area contributed by atoms with Gasteiger partial charge in [0, 0.05) is 26.2 Å². The molecule has 0 bridgehead atoms. The van der Waals surface area contributed by atoms with Crippen LogP contribution in [-0.2, 0) is 9.53 Å². The molecule has 8 heteroatoms. The van der Waals surface area contributed by atoms with Gasteiger partial charge in [-0.2, -0.15) is 0 Å². The van der Waals surface area contributed by atoms with Crippen molar-refractivity contribution in [2.75, 3.05) is 44.8 Å². The molecule has 2 rings (SSSR count). The maximum atomic E-state index is 12.2. The zero-order valence-electron chi connectivity index (χ0n) is 12.1. The number of morpholine rings is 1. The molecule has 0 unspecified atom stereocenters. The Morgan fingerprint density at radius 1 is 1.52 bits per heavy atom. The van der Waals surface area contributed by atoms with Gasteiger partial charge in [0.05, 0.1) is 24.7 Å². The Bertz CT molecular complexity index is 543. The predicted octanol–water partition coefficient (Wildman–Crippen LogP) is 0.593. The predicted molar refractivity (Wildman–Crippen MR) is 76.3 cm³/mol. The molecule has 8 nitrogen and oxygen atoms in total. The van der Waals surface area contributed by atoms with Gasteiger partial charge in [-0.25, -0.2) is 4.98 Å². The Hall–Kier alpha value is -2.22. The zero-order chi connectivity index (χ0) is 15.4. The number of likely N-dealkylation sites (N-methyl/N-ethyl adjacent to an activating group) is 1. The number of hydrogen-bond donors (Lipinski definition) is 0. The summed E-state index contributed by atoms with van der Waals surface area (Å²) in [7, 11) is 1.75. The Balaban J connectivity index is 2.04. The second-order valence-electron chi connectivity index (χ2n) is 4.94. The van der Waals surface area contributed by atoms with E-state index >= 15 is 0 Å². The van der Waals surface area contributed by atoms with Crippen LogP contribution in [0.25, 0.3) is 0 Å². The smallest absolute Gasteiger partial charge is 0.287 e. The molecule has 0 aliphatic carbocycles. The minimum Gasteiger partial charge on any atom is -0.378 e. The monoisotopic (exact) mass is 294 g/mol. The summed E-state index contributed by atoms with van der Waals surface area (Å²) in [5.74, 6) is 0.572. The number of amides is 1. The molecule has 0 N–H and O–H groups in total. The van der Waals surface area contributed by atoms with Gasteiger partial charge in [-0.15, -0.1) is 0 Å². The highest BCUT2D eigenvalue weighted by atomic mass is 16.6. The highest BCUT2D eigenvalue weighted by molar-refractivity contribution is 5.81. The summed E-state index contributed by atoms with van der Waals surface area (Å²) in [6, 6.07) is 1.46. The van der Waals surface area contributed by atoms with E-state index in [-0.39, 0.29) is 18.1 Å². The van der Waals surface area contributed by atoms with Gasteiger partial charge >= 0.3 is 0 Å². The summed E-state index contributed by atoms with van der Waals surface area (Å²) in [6.07, 6.45) is 1.21. The van der Waals surface area contributed by atoms with Crippen LogP contribution in [0, 0.1) is 17.0 Å². The molecule has 21 heavy (non-hydrogen) atoms. The quantitative estimate of drug-likeness (QED) is 0.596. The summed E-state index contributed by atoms with van der Waals surface area (Å²) < 4.78 is 5.21. The Labute approximate surface area is 122 Å².